The molecule has 0 spiro atoms. The molecule has 2 amide bonds. The van der Waals surface area contributed by atoms with Crippen LogP contribution in [0.25, 0.3) is 11.0 Å². The van der Waals surface area contributed by atoms with Crippen LogP contribution >= 0.6 is 0 Å². The molecule has 0 bridgehead atoms. The second kappa shape index (κ2) is 4.81. The summed E-state index contributed by atoms with van der Waals surface area (Å²) in [7, 11) is 0. The van der Waals surface area contributed by atoms with Crippen molar-refractivity contribution in [2.24, 2.45) is 0 Å². The summed E-state index contributed by atoms with van der Waals surface area (Å²) < 4.78 is 19.0. The Morgan fingerprint density at radius 1 is 1.45 bits per heavy atom. The largest absolute Gasteiger partial charge is 0.459 e. The molecule has 0 saturated carbocycles. The number of carbonyl (C=O) groups is 1. The van der Waals surface area contributed by atoms with Gasteiger partial charge in [-0.05, 0) is 38.5 Å². The van der Waals surface area contributed by atoms with Gasteiger partial charge in [-0.25, -0.2) is 9.18 Å². The van der Waals surface area contributed by atoms with E-state index in [9.17, 15) is 9.18 Å². The summed E-state index contributed by atoms with van der Waals surface area (Å²) in [6, 6.07) is 4.14. The topological polar surface area (TPSA) is 45.5 Å². The molecule has 1 aliphatic rings. The fraction of sp³-hybridized carbons (Fsp3) is 0.400. The summed E-state index contributed by atoms with van der Waals surface area (Å²) in [6.45, 7) is 5.37. The smallest absolute Gasteiger partial charge is 0.317 e. The first kappa shape index (κ1) is 13.0. The number of benzene rings is 1. The van der Waals surface area contributed by atoms with Crippen molar-refractivity contribution >= 4 is 17.0 Å². The van der Waals surface area contributed by atoms with Gasteiger partial charge in [0.05, 0.1) is 6.04 Å². The van der Waals surface area contributed by atoms with Crippen LogP contribution in [-0.4, -0.2) is 24.0 Å². The normalized spacial score (nSPS) is 16.1. The second-order valence-electron chi connectivity index (χ2n) is 5.24. The molecule has 0 aliphatic carbocycles. The lowest BCUT2D eigenvalue weighted by Crippen LogP contribution is -2.48. The van der Waals surface area contributed by atoms with E-state index >= 15 is 0 Å². The molecule has 1 aromatic heterocycles. The maximum atomic E-state index is 13.3. The van der Waals surface area contributed by atoms with E-state index in [1.54, 1.807) is 11.0 Å². The summed E-state index contributed by atoms with van der Waals surface area (Å²) >= 11 is 0. The van der Waals surface area contributed by atoms with Gasteiger partial charge in [0.2, 0.25) is 0 Å². The van der Waals surface area contributed by atoms with Crippen LogP contribution in [0.3, 0.4) is 0 Å². The predicted molar refractivity (Wildman–Crippen MR) is 74.0 cm³/mol. The molecular weight excluding hydrogens is 259 g/mol. The van der Waals surface area contributed by atoms with Crippen LogP contribution in [-0.2, 0) is 0 Å². The number of aryl methyl sites for hydroxylation is 1. The lowest BCUT2D eigenvalue weighted by Gasteiger charge is -2.31. The number of fused-ring (bicyclic) bond motifs is 1. The van der Waals surface area contributed by atoms with Crippen LogP contribution < -0.4 is 5.32 Å². The number of hydrogen-bond donors (Lipinski definition) is 1. The quantitative estimate of drug-likeness (QED) is 0.914. The zero-order chi connectivity index (χ0) is 14.3. The molecule has 20 heavy (non-hydrogen) atoms. The monoisotopic (exact) mass is 276 g/mol. The standard InChI is InChI=1S/C15H17FN2O2/c1-9-12-8-11(16)4-5-13(12)20-14(9)10(2)17-15(19)18-6-3-7-18/h4-5,8,10H,3,6-7H2,1-2H3,(H,17,19)/t10-/m0/s1. The summed E-state index contributed by atoms with van der Waals surface area (Å²) in [5, 5.41) is 3.67. The minimum atomic E-state index is -0.287. The molecule has 5 heteroatoms. The average Bonchev–Trinajstić information content (AvgIpc) is 2.64. The van der Waals surface area contributed by atoms with Gasteiger partial charge in [-0.2, -0.15) is 0 Å². The Labute approximate surface area is 116 Å². The molecular formula is C15H17FN2O2. The number of likely N-dealkylation sites (tertiary alicyclic amines) is 1. The third kappa shape index (κ3) is 2.13. The van der Waals surface area contributed by atoms with E-state index in [0.29, 0.717) is 11.3 Å². The number of urea groups is 1. The van der Waals surface area contributed by atoms with Crippen molar-refractivity contribution < 1.29 is 13.6 Å². The third-order valence-corrected chi connectivity index (χ3v) is 3.81. The highest BCUT2D eigenvalue weighted by atomic mass is 19.1. The second-order valence-corrected chi connectivity index (χ2v) is 5.24. The van der Waals surface area contributed by atoms with Crippen molar-refractivity contribution in [2.75, 3.05) is 13.1 Å². The van der Waals surface area contributed by atoms with Gasteiger partial charge in [-0.1, -0.05) is 0 Å². The van der Waals surface area contributed by atoms with Crippen LogP contribution in [0.4, 0.5) is 9.18 Å². The molecule has 2 heterocycles. The number of rotatable bonds is 2. The highest BCUT2D eigenvalue weighted by Crippen LogP contribution is 2.30. The lowest BCUT2D eigenvalue weighted by atomic mass is 10.1. The van der Waals surface area contributed by atoms with Crippen LogP contribution in [0.1, 0.15) is 30.7 Å². The SMILES string of the molecule is Cc1c([C@H](C)NC(=O)N2CCC2)oc2ccc(F)cc12. The van der Waals surface area contributed by atoms with E-state index in [1.807, 2.05) is 13.8 Å². The molecule has 1 saturated heterocycles. The van der Waals surface area contributed by atoms with Crippen LogP contribution in [0, 0.1) is 12.7 Å². The van der Waals surface area contributed by atoms with E-state index in [4.69, 9.17) is 4.42 Å². The van der Waals surface area contributed by atoms with E-state index in [-0.39, 0.29) is 17.9 Å². The highest BCUT2D eigenvalue weighted by Gasteiger charge is 2.24. The lowest BCUT2D eigenvalue weighted by molar-refractivity contribution is 0.163. The predicted octanol–water partition coefficient (Wildman–Crippen LogP) is 3.36. The van der Waals surface area contributed by atoms with Crippen molar-refractivity contribution in [3.05, 3.63) is 35.3 Å². The van der Waals surface area contributed by atoms with E-state index < -0.39 is 0 Å². The van der Waals surface area contributed by atoms with Gasteiger partial charge in [0.1, 0.15) is 17.2 Å². The van der Waals surface area contributed by atoms with Gasteiger partial charge in [0.25, 0.3) is 0 Å². The zero-order valence-corrected chi connectivity index (χ0v) is 11.6. The molecule has 1 aliphatic heterocycles. The molecule has 0 unspecified atom stereocenters. The first-order valence-electron chi connectivity index (χ1n) is 6.80. The van der Waals surface area contributed by atoms with Gasteiger partial charge in [-0.3, -0.25) is 0 Å². The van der Waals surface area contributed by atoms with Gasteiger partial charge in [0.15, 0.2) is 0 Å². The molecule has 1 N–H and O–H groups in total. The highest BCUT2D eigenvalue weighted by molar-refractivity contribution is 5.82. The summed E-state index contributed by atoms with van der Waals surface area (Å²) in [5.41, 5.74) is 1.51. The zero-order valence-electron chi connectivity index (χ0n) is 11.6. The Balaban J connectivity index is 1.85. The summed E-state index contributed by atoms with van der Waals surface area (Å²) in [5.74, 6) is 0.393. The number of nitrogens with zero attached hydrogens (tertiary/aromatic N) is 1. The molecule has 106 valence electrons. The Morgan fingerprint density at radius 3 is 2.85 bits per heavy atom. The number of nitrogens with one attached hydrogen (secondary N) is 1. The molecule has 1 fully saturated rings. The maximum absolute atomic E-state index is 13.3. The van der Waals surface area contributed by atoms with E-state index in [1.165, 1.54) is 12.1 Å². The molecule has 1 aromatic carbocycles. The fourth-order valence-electron chi connectivity index (χ4n) is 2.49. The van der Waals surface area contributed by atoms with Gasteiger partial charge >= 0.3 is 6.03 Å². The number of hydrogen-bond acceptors (Lipinski definition) is 2. The number of carbonyl (C=O) groups excluding carboxylic acids is 1. The Bertz CT molecular complexity index is 661. The van der Waals surface area contributed by atoms with Crippen LogP contribution in [0.5, 0.6) is 0 Å². The molecule has 3 rings (SSSR count). The van der Waals surface area contributed by atoms with Crippen molar-refractivity contribution in [3.63, 3.8) is 0 Å². The molecule has 2 aromatic rings. The van der Waals surface area contributed by atoms with E-state index in [0.717, 1.165) is 30.5 Å². The summed E-state index contributed by atoms with van der Waals surface area (Å²) in [6.07, 6.45) is 1.06. The van der Waals surface area contributed by atoms with Crippen LogP contribution in [0.2, 0.25) is 0 Å². The molecule has 1 atom stereocenters. The summed E-state index contributed by atoms with van der Waals surface area (Å²) in [4.78, 5) is 13.7. The number of halogens is 1. The first-order chi connectivity index (χ1) is 9.56. The molecule has 0 radical (unpaired) electrons. The Hall–Kier alpha value is -2.04. The minimum Gasteiger partial charge on any atom is -0.459 e. The van der Waals surface area contributed by atoms with E-state index in [2.05, 4.69) is 5.32 Å². The number of furan rings is 1. The van der Waals surface area contributed by atoms with Gasteiger partial charge in [-0.15, -0.1) is 0 Å². The Morgan fingerprint density at radius 2 is 2.20 bits per heavy atom. The van der Waals surface area contributed by atoms with Crippen molar-refractivity contribution in [1.82, 2.24) is 10.2 Å². The van der Waals surface area contributed by atoms with Crippen molar-refractivity contribution in [3.8, 4) is 0 Å². The van der Waals surface area contributed by atoms with Gasteiger partial charge < -0.3 is 14.6 Å². The molecule has 4 nitrogen and oxygen atoms in total. The Kier molecular flexibility index (Phi) is 3.12. The van der Waals surface area contributed by atoms with Gasteiger partial charge in [0, 0.05) is 24.0 Å². The fourth-order valence-corrected chi connectivity index (χ4v) is 2.49. The third-order valence-electron chi connectivity index (χ3n) is 3.81. The van der Waals surface area contributed by atoms with Crippen molar-refractivity contribution in [2.45, 2.75) is 26.3 Å². The maximum Gasteiger partial charge on any atom is 0.317 e. The number of amides is 2. The first-order valence-corrected chi connectivity index (χ1v) is 6.80. The minimum absolute atomic E-state index is 0.0743. The van der Waals surface area contributed by atoms with Crippen molar-refractivity contribution in [1.29, 1.82) is 0 Å². The van der Waals surface area contributed by atoms with Crippen LogP contribution in [0.15, 0.2) is 22.6 Å². The average molecular weight is 276 g/mol.